The molecule has 5 nitrogen and oxygen atoms in total. The molecular formula is C24H32N2O3. The Hall–Kier alpha value is -2.37. The van der Waals surface area contributed by atoms with Gasteiger partial charge in [-0.1, -0.05) is 50.2 Å². The van der Waals surface area contributed by atoms with Crippen molar-refractivity contribution in [2.45, 2.75) is 51.3 Å². The van der Waals surface area contributed by atoms with Crippen molar-refractivity contribution in [3.8, 4) is 5.75 Å². The Bertz CT molecular complexity index is 819. The second-order valence-corrected chi connectivity index (χ2v) is 8.21. The van der Waals surface area contributed by atoms with Crippen LogP contribution >= 0.6 is 0 Å². The number of methoxy groups -OCH3 is 1. The molecule has 156 valence electrons. The first-order valence-electron chi connectivity index (χ1n) is 10.4. The van der Waals surface area contributed by atoms with E-state index in [9.17, 15) is 9.90 Å². The summed E-state index contributed by atoms with van der Waals surface area (Å²) in [6, 6.07) is 16.2. The number of ether oxygens (including phenoxy) is 1. The van der Waals surface area contributed by atoms with Crippen LogP contribution < -0.4 is 10.1 Å². The molecule has 1 atom stereocenters. The summed E-state index contributed by atoms with van der Waals surface area (Å²) in [4.78, 5) is 14.8. The fourth-order valence-electron chi connectivity index (χ4n) is 3.80. The number of nitrogens with one attached hydrogen (secondary N) is 1. The van der Waals surface area contributed by atoms with Gasteiger partial charge in [-0.2, -0.15) is 0 Å². The van der Waals surface area contributed by atoms with Gasteiger partial charge in [-0.3, -0.25) is 4.79 Å². The summed E-state index contributed by atoms with van der Waals surface area (Å²) in [5.74, 6) is 1.10. The standard InChI is InChI=1S/C24H32N2O3/c1-18(2)21-10-8-19(9-11-21)16-26-13-5-12-24(28,23(26)27)17-25-15-20-6-4-7-22(14-20)29-3/h4,6-11,14,18,25,28H,5,12-13,15-17H2,1-3H3. The summed E-state index contributed by atoms with van der Waals surface area (Å²) in [5, 5.41) is 14.3. The van der Waals surface area contributed by atoms with Gasteiger partial charge in [-0.25, -0.2) is 0 Å². The van der Waals surface area contributed by atoms with Gasteiger partial charge in [0.15, 0.2) is 5.60 Å². The van der Waals surface area contributed by atoms with Crippen LogP contribution in [0.2, 0.25) is 0 Å². The van der Waals surface area contributed by atoms with Crippen molar-refractivity contribution in [2.24, 2.45) is 0 Å². The fourth-order valence-corrected chi connectivity index (χ4v) is 3.80. The zero-order chi connectivity index (χ0) is 20.9. The third-order valence-corrected chi connectivity index (χ3v) is 5.60. The number of benzene rings is 2. The zero-order valence-corrected chi connectivity index (χ0v) is 17.6. The summed E-state index contributed by atoms with van der Waals surface area (Å²) >= 11 is 0. The SMILES string of the molecule is COc1cccc(CNCC2(O)CCCN(Cc3ccc(C(C)C)cc3)C2=O)c1. The van der Waals surface area contributed by atoms with Crippen molar-refractivity contribution in [3.05, 3.63) is 65.2 Å². The normalized spacial score (nSPS) is 19.6. The molecule has 2 aromatic carbocycles. The van der Waals surface area contributed by atoms with Crippen LogP contribution in [0.1, 0.15) is 49.3 Å². The topological polar surface area (TPSA) is 61.8 Å². The number of aliphatic hydroxyl groups is 1. The third kappa shape index (κ3) is 5.37. The Morgan fingerprint density at radius 3 is 2.62 bits per heavy atom. The van der Waals surface area contributed by atoms with Crippen LogP contribution in [0, 0.1) is 0 Å². The molecule has 1 fully saturated rings. The van der Waals surface area contributed by atoms with Gasteiger partial charge >= 0.3 is 0 Å². The van der Waals surface area contributed by atoms with E-state index in [1.807, 2.05) is 24.3 Å². The summed E-state index contributed by atoms with van der Waals surface area (Å²) < 4.78 is 5.24. The summed E-state index contributed by atoms with van der Waals surface area (Å²) in [7, 11) is 1.64. The predicted octanol–water partition coefficient (Wildman–Crippen LogP) is 3.46. The van der Waals surface area contributed by atoms with Gasteiger partial charge in [0.05, 0.1) is 7.11 Å². The average Bonchev–Trinajstić information content (AvgIpc) is 2.72. The highest BCUT2D eigenvalue weighted by molar-refractivity contribution is 5.86. The molecule has 0 spiro atoms. The Balaban J connectivity index is 1.58. The Morgan fingerprint density at radius 1 is 1.17 bits per heavy atom. The maximum atomic E-state index is 13.0. The molecule has 3 rings (SSSR count). The predicted molar refractivity (Wildman–Crippen MR) is 115 cm³/mol. The van der Waals surface area contributed by atoms with E-state index in [1.54, 1.807) is 12.0 Å². The summed E-state index contributed by atoms with van der Waals surface area (Å²) in [5.41, 5.74) is 2.08. The van der Waals surface area contributed by atoms with E-state index in [0.717, 1.165) is 23.3 Å². The quantitative estimate of drug-likeness (QED) is 0.717. The molecule has 1 unspecified atom stereocenters. The molecule has 1 saturated heterocycles. The molecule has 0 saturated carbocycles. The van der Waals surface area contributed by atoms with E-state index >= 15 is 0 Å². The van der Waals surface area contributed by atoms with Crippen molar-refractivity contribution in [3.63, 3.8) is 0 Å². The molecule has 1 amide bonds. The molecule has 0 aliphatic carbocycles. The van der Waals surface area contributed by atoms with Gasteiger partial charge in [-0.15, -0.1) is 0 Å². The van der Waals surface area contributed by atoms with Crippen LogP contribution in [-0.4, -0.2) is 41.7 Å². The molecule has 2 aromatic rings. The van der Waals surface area contributed by atoms with Gasteiger partial charge < -0.3 is 20.1 Å². The second-order valence-electron chi connectivity index (χ2n) is 8.21. The van der Waals surface area contributed by atoms with Crippen LogP contribution in [-0.2, 0) is 17.9 Å². The smallest absolute Gasteiger partial charge is 0.256 e. The minimum absolute atomic E-state index is 0.185. The minimum atomic E-state index is -1.35. The molecule has 29 heavy (non-hydrogen) atoms. The number of rotatable bonds is 8. The van der Waals surface area contributed by atoms with Crippen molar-refractivity contribution in [2.75, 3.05) is 20.2 Å². The number of hydrogen-bond donors (Lipinski definition) is 2. The fraction of sp³-hybridized carbons (Fsp3) is 0.458. The van der Waals surface area contributed by atoms with Crippen LogP contribution in [0.4, 0.5) is 0 Å². The van der Waals surface area contributed by atoms with E-state index in [4.69, 9.17) is 4.74 Å². The van der Waals surface area contributed by atoms with Gasteiger partial charge in [-0.05, 0) is 47.6 Å². The monoisotopic (exact) mass is 396 g/mol. The maximum absolute atomic E-state index is 13.0. The maximum Gasteiger partial charge on any atom is 0.256 e. The molecule has 0 bridgehead atoms. The lowest BCUT2D eigenvalue weighted by Gasteiger charge is -2.38. The van der Waals surface area contributed by atoms with Crippen molar-refractivity contribution in [1.82, 2.24) is 10.2 Å². The van der Waals surface area contributed by atoms with Gasteiger partial charge in [0.25, 0.3) is 5.91 Å². The van der Waals surface area contributed by atoms with E-state index in [1.165, 1.54) is 5.56 Å². The van der Waals surface area contributed by atoms with Crippen LogP contribution in [0.5, 0.6) is 5.75 Å². The molecular weight excluding hydrogens is 364 g/mol. The van der Waals surface area contributed by atoms with E-state index < -0.39 is 5.60 Å². The Morgan fingerprint density at radius 2 is 1.93 bits per heavy atom. The van der Waals surface area contributed by atoms with Crippen molar-refractivity contribution >= 4 is 5.91 Å². The largest absolute Gasteiger partial charge is 0.497 e. The highest BCUT2D eigenvalue weighted by Crippen LogP contribution is 2.25. The zero-order valence-electron chi connectivity index (χ0n) is 17.6. The van der Waals surface area contributed by atoms with Crippen LogP contribution in [0.3, 0.4) is 0 Å². The molecule has 0 aromatic heterocycles. The Kier molecular flexibility index (Phi) is 6.93. The van der Waals surface area contributed by atoms with E-state index in [2.05, 4.69) is 43.4 Å². The first-order valence-corrected chi connectivity index (χ1v) is 10.4. The number of likely N-dealkylation sites (tertiary alicyclic amines) is 1. The minimum Gasteiger partial charge on any atom is -0.497 e. The number of carbonyl (C=O) groups excluding carboxylic acids is 1. The molecule has 1 aliphatic rings. The number of hydrogen-bond acceptors (Lipinski definition) is 4. The lowest BCUT2D eigenvalue weighted by atomic mass is 9.91. The lowest BCUT2D eigenvalue weighted by molar-refractivity contribution is -0.157. The summed E-state index contributed by atoms with van der Waals surface area (Å²) in [6.45, 7) is 6.37. The van der Waals surface area contributed by atoms with Crippen molar-refractivity contribution < 1.29 is 14.6 Å². The molecule has 2 N–H and O–H groups in total. The number of piperidine rings is 1. The first-order chi connectivity index (χ1) is 13.9. The van der Waals surface area contributed by atoms with Gasteiger partial charge in [0.1, 0.15) is 5.75 Å². The van der Waals surface area contributed by atoms with E-state index in [0.29, 0.717) is 32.0 Å². The third-order valence-electron chi connectivity index (χ3n) is 5.60. The van der Waals surface area contributed by atoms with Crippen molar-refractivity contribution in [1.29, 1.82) is 0 Å². The van der Waals surface area contributed by atoms with Crippen LogP contribution in [0.25, 0.3) is 0 Å². The molecule has 5 heteroatoms. The number of nitrogens with zero attached hydrogens (tertiary/aromatic N) is 1. The number of amides is 1. The second kappa shape index (κ2) is 9.42. The Labute approximate surface area is 173 Å². The molecule has 1 heterocycles. The van der Waals surface area contributed by atoms with E-state index in [-0.39, 0.29) is 12.5 Å². The highest BCUT2D eigenvalue weighted by Gasteiger charge is 2.41. The molecule has 1 aliphatic heterocycles. The van der Waals surface area contributed by atoms with Gasteiger partial charge in [0.2, 0.25) is 0 Å². The van der Waals surface area contributed by atoms with Crippen LogP contribution in [0.15, 0.2) is 48.5 Å². The summed E-state index contributed by atoms with van der Waals surface area (Å²) in [6.07, 6.45) is 1.28. The number of carbonyl (C=O) groups is 1. The first kappa shape index (κ1) is 21.3. The average molecular weight is 397 g/mol. The molecule has 0 radical (unpaired) electrons. The van der Waals surface area contributed by atoms with Gasteiger partial charge in [0, 0.05) is 26.2 Å². The lowest BCUT2D eigenvalue weighted by Crippen LogP contribution is -2.57. The highest BCUT2D eigenvalue weighted by atomic mass is 16.5.